The van der Waals surface area contributed by atoms with Gasteiger partial charge in [0.25, 0.3) is 0 Å². The van der Waals surface area contributed by atoms with Gasteiger partial charge in [-0.2, -0.15) is 0 Å². The fourth-order valence-corrected chi connectivity index (χ4v) is 2.84. The predicted octanol–water partition coefficient (Wildman–Crippen LogP) is 3.29. The van der Waals surface area contributed by atoms with Crippen LogP contribution >= 0.6 is 0 Å². The molecular weight excluding hydrogens is 234 g/mol. The number of rotatable bonds is 4. The van der Waals surface area contributed by atoms with E-state index in [2.05, 4.69) is 47.9 Å². The predicted molar refractivity (Wildman–Crippen MR) is 80.1 cm³/mol. The van der Waals surface area contributed by atoms with Crippen molar-refractivity contribution in [3.05, 3.63) is 41.7 Å². The highest BCUT2D eigenvalue weighted by Crippen LogP contribution is 2.25. The van der Waals surface area contributed by atoms with Gasteiger partial charge < -0.3 is 4.57 Å². The Kier molecular flexibility index (Phi) is 3.08. The molecule has 2 nitrogen and oxygen atoms in total. The minimum Gasteiger partial charge on any atom is -0.340 e. The Bertz CT molecular complexity index is 777. The molecule has 0 aliphatic carbocycles. The first-order valence-corrected chi connectivity index (χ1v) is 6.82. The Morgan fingerprint density at radius 2 is 1.95 bits per heavy atom. The summed E-state index contributed by atoms with van der Waals surface area (Å²) in [6.45, 7) is 3.15. The molecule has 0 atom stereocenters. The van der Waals surface area contributed by atoms with Crippen molar-refractivity contribution < 1.29 is 4.79 Å². The first kappa shape index (κ1) is 12.0. The van der Waals surface area contributed by atoms with Gasteiger partial charge in [0.2, 0.25) is 0 Å². The molecule has 2 aromatic carbocycles. The molecule has 0 saturated carbocycles. The van der Waals surface area contributed by atoms with E-state index in [1.165, 1.54) is 21.7 Å². The molecule has 0 saturated heterocycles. The zero-order valence-corrected chi connectivity index (χ0v) is 11.1. The van der Waals surface area contributed by atoms with Crippen LogP contribution in [0.3, 0.4) is 0 Å². The third-order valence-corrected chi connectivity index (χ3v) is 3.70. The van der Waals surface area contributed by atoms with Crippen LogP contribution in [0.5, 0.6) is 0 Å². The van der Waals surface area contributed by atoms with Crippen LogP contribution in [0.4, 0.5) is 0 Å². The lowest BCUT2D eigenvalue weighted by atomic mass is 10.1. The van der Waals surface area contributed by atoms with Crippen molar-refractivity contribution in [3.63, 3.8) is 0 Å². The lowest BCUT2D eigenvalue weighted by Gasteiger charge is -2.04. The minimum absolute atomic E-state index is 0.888. The van der Waals surface area contributed by atoms with Gasteiger partial charge in [0.1, 0.15) is 6.29 Å². The second kappa shape index (κ2) is 4.88. The molecule has 2 heteroatoms. The van der Waals surface area contributed by atoms with Gasteiger partial charge in [-0.3, -0.25) is 4.79 Å². The molecule has 0 N–H and O–H groups in total. The molecule has 0 aliphatic heterocycles. The average molecular weight is 251 g/mol. The second-order valence-corrected chi connectivity index (χ2v) is 4.87. The summed E-state index contributed by atoms with van der Waals surface area (Å²) < 4.78 is 2.27. The van der Waals surface area contributed by atoms with E-state index in [-0.39, 0.29) is 0 Å². The van der Waals surface area contributed by atoms with Crippen molar-refractivity contribution in [2.24, 2.45) is 0 Å². The van der Waals surface area contributed by atoms with E-state index < -0.39 is 0 Å². The van der Waals surface area contributed by atoms with Gasteiger partial charge >= 0.3 is 0 Å². The van der Waals surface area contributed by atoms with Gasteiger partial charge in [0, 0.05) is 28.9 Å². The van der Waals surface area contributed by atoms with Crippen molar-refractivity contribution in [3.8, 4) is 0 Å². The van der Waals surface area contributed by atoms with Gasteiger partial charge in [-0.1, -0.05) is 43.7 Å². The highest BCUT2D eigenvalue weighted by atomic mass is 16.1. The molecule has 0 bridgehead atoms. The maximum absolute atomic E-state index is 10.9. The molecule has 0 spiro atoms. The molecular formula is C17H17NO. The van der Waals surface area contributed by atoms with Crippen molar-refractivity contribution in [2.75, 3.05) is 0 Å². The largest absolute Gasteiger partial charge is 0.340 e. The normalized spacial score (nSPS) is 12.6. The number of benzene rings is 2. The molecule has 96 valence electrons. The van der Waals surface area contributed by atoms with Crippen LogP contribution in [0.2, 0.25) is 0 Å². The number of aryl methyl sites for hydroxylation is 1. The lowest BCUT2D eigenvalue weighted by Crippen LogP contribution is -2.16. The van der Waals surface area contributed by atoms with Crippen LogP contribution < -0.4 is 5.35 Å². The molecule has 0 fully saturated rings. The van der Waals surface area contributed by atoms with Crippen LogP contribution in [-0.2, 0) is 11.3 Å². The molecule has 0 amide bonds. The van der Waals surface area contributed by atoms with Gasteiger partial charge in [0.15, 0.2) is 0 Å². The standard InChI is InChI=1S/C17H17NO/c1-2-3-11-18-15(10-12-19)14-8-4-6-13-7-5-9-16(18)17(13)14/h4-10,12H,2-3,11H2,1H3/b15-10+. The van der Waals surface area contributed by atoms with Crippen molar-refractivity contribution in [2.45, 2.75) is 26.3 Å². The summed E-state index contributed by atoms with van der Waals surface area (Å²) in [6.07, 6.45) is 4.85. The van der Waals surface area contributed by atoms with E-state index in [0.29, 0.717) is 0 Å². The lowest BCUT2D eigenvalue weighted by molar-refractivity contribution is -0.103. The average Bonchev–Trinajstić information content (AvgIpc) is 2.74. The van der Waals surface area contributed by atoms with E-state index in [0.717, 1.165) is 31.0 Å². The minimum atomic E-state index is 0.888. The number of nitrogens with zero attached hydrogens (tertiary/aromatic N) is 1. The quantitative estimate of drug-likeness (QED) is 0.652. The Balaban J connectivity index is 2.44. The number of carbonyl (C=O) groups is 1. The van der Waals surface area contributed by atoms with Gasteiger partial charge in [-0.25, -0.2) is 0 Å². The summed E-state index contributed by atoms with van der Waals surface area (Å²) >= 11 is 0. The maximum atomic E-state index is 10.9. The molecule has 3 rings (SSSR count). The molecule has 0 unspecified atom stereocenters. The van der Waals surface area contributed by atoms with Crippen LogP contribution in [0.1, 0.15) is 19.8 Å². The zero-order valence-electron chi connectivity index (χ0n) is 11.1. The molecule has 19 heavy (non-hydrogen) atoms. The Morgan fingerprint density at radius 1 is 1.16 bits per heavy atom. The fraction of sp³-hybridized carbons (Fsp3) is 0.235. The summed E-state index contributed by atoms with van der Waals surface area (Å²) in [7, 11) is 0. The van der Waals surface area contributed by atoms with E-state index in [4.69, 9.17) is 0 Å². The highest BCUT2D eigenvalue weighted by Gasteiger charge is 2.10. The first-order chi connectivity index (χ1) is 9.36. The highest BCUT2D eigenvalue weighted by molar-refractivity contribution is 6.11. The molecule has 3 aromatic rings. The summed E-state index contributed by atoms with van der Waals surface area (Å²) in [6, 6.07) is 12.7. The van der Waals surface area contributed by atoms with E-state index >= 15 is 0 Å². The summed E-state index contributed by atoms with van der Waals surface area (Å²) in [4.78, 5) is 10.9. The monoisotopic (exact) mass is 251 g/mol. The van der Waals surface area contributed by atoms with Gasteiger partial charge in [0.05, 0.1) is 5.35 Å². The summed E-state index contributed by atoms with van der Waals surface area (Å²) in [5.74, 6) is 0. The van der Waals surface area contributed by atoms with E-state index in [9.17, 15) is 4.79 Å². The fourth-order valence-electron chi connectivity index (χ4n) is 2.84. The topological polar surface area (TPSA) is 22.0 Å². The maximum Gasteiger partial charge on any atom is 0.144 e. The SMILES string of the molecule is CCCCn1/c(=C/C=O)c2cccc3cccc1c32. The van der Waals surface area contributed by atoms with Gasteiger partial charge in [-0.15, -0.1) is 0 Å². The second-order valence-electron chi connectivity index (χ2n) is 4.87. The number of unbranched alkanes of at least 4 members (excludes halogenated alkanes) is 1. The van der Waals surface area contributed by atoms with E-state index in [1.807, 2.05) is 0 Å². The van der Waals surface area contributed by atoms with Crippen LogP contribution in [-0.4, -0.2) is 10.9 Å². The number of hydrogen-bond donors (Lipinski definition) is 0. The molecule has 0 radical (unpaired) electrons. The smallest absolute Gasteiger partial charge is 0.144 e. The van der Waals surface area contributed by atoms with Crippen molar-refractivity contribution in [1.29, 1.82) is 0 Å². The molecule has 1 aromatic heterocycles. The Morgan fingerprint density at radius 3 is 2.68 bits per heavy atom. The first-order valence-electron chi connectivity index (χ1n) is 6.82. The summed E-state index contributed by atoms with van der Waals surface area (Å²) in [5.41, 5.74) is 1.23. The summed E-state index contributed by atoms with van der Waals surface area (Å²) in [5, 5.41) is 4.73. The number of carbonyl (C=O) groups excluding carboxylic acids is 1. The number of aldehydes is 1. The van der Waals surface area contributed by atoms with Gasteiger partial charge in [-0.05, 0) is 17.9 Å². The zero-order chi connectivity index (χ0) is 13.2. The van der Waals surface area contributed by atoms with Crippen molar-refractivity contribution in [1.82, 2.24) is 4.57 Å². The van der Waals surface area contributed by atoms with E-state index in [1.54, 1.807) is 6.08 Å². The molecule has 0 aliphatic rings. The van der Waals surface area contributed by atoms with Crippen LogP contribution in [0.15, 0.2) is 36.4 Å². The Hall–Kier alpha value is -2.09. The number of aromatic nitrogens is 1. The Labute approximate surface area is 112 Å². The third-order valence-electron chi connectivity index (χ3n) is 3.70. The van der Waals surface area contributed by atoms with Crippen LogP contribution in [0.25, 0.3) is 27.8 Å². The molecule has 1 heterocycles. The number of hydrogen-bond acceptors (Lipinski definition) is 1. The van der Waals surface area contributed by atoms with Crippen LogP contribution in [0, 0.1) is 0 Å². The van der Waals surface area contributed by atoms with Crippen molar-refractivity contribution >= 4 is 34.0 Å². The third kappa shape index (κ3) is 1.84.